The molecule has 0 saturated heterocycles. The summed E-state index contributed by atoms with van der Waals surface area (Å²) < 4.78 is 0. The molecule has 0 unspecified atom stereocenters. The number of nitrogens with two attached hydrogens (primary N) is 1. The van der Waals surface area contributed by atoms with E-state index in [1.54, 1.807) is 0 Å². The number of anilines is 1. The number of fused-ring (bicyclic) bond motifs is 1. The first-order chi connectivity index (χ1) is 10.4. The Hall–Kier alpha value is -2.49. The van der Waals surface area contributed by atoms with E-state index >= 15 is 0 Å². The Bertz CT molecular complexity index is 830. The topological polar surface area (TPSA) is 64.7 Å². The van der Waals surface area contributed by atoms with Crippen LogP contribution >= 0.6 is 0 Å². The SMILES string of the molecule is Cc1ccc(-c2nc(C(C)(C)C)cc3ncnc(N)c23)cc1. The molecule has 0 amide bonds. The summed E-state index contributed by atoms with van der Waals surface area (Å²) >= 11 is 0. The second kappa shape index (κ2) is 5.05. The molecule has 2 N–H and O–H groups in total. The van der Waals surface area contributed by atoms with Gasteiger partial charge in [-0.2, -0.15) is 0 Å². The summed E-state index contributed by atoms with van der Waals surface area (Å²) in [4.78, 5) is 13.4. The molecule has 0 saturated carbocycles. The highest BCUT2D eigenvalue weighted by molar-refractivity contribution is 5.99. The van der Waals surface area contributed by atoms with Crippen molar-refractivity contribution in [2.75, 3.05) is 5.73 Å². The highest BCUT2D eigenvalue weighted by atomic mass is 14.9. The monoisotopic (exact) mass is 292 g/mol. The summed E-state index contributed by atoms with van der Waals surface area (Å²) in [5.41, 5.74) is 11.0. The first kappa shape index (κ1) is 14.4. The summed E-state index contributed by atoms with van der Waals surface area (Å²) in [6, 6.07) is 10.3. The summed E-state index contributed by atoms with van der Waals surface area (Å²) in [5.74, 6) is 0.466. The van der Waals surface area contributed by atoms with Gasteiger partial charge in [0.25, 0.3) is 0 Å². The Morgan fingerprint density at radius 3 is 2.32 bits per heavy atom. The molecule has 4 nitrogen and oxygen atoms in total. The molecule has 22 heavy (non-hydrogen) atoms. The molecule has 4 heteroatoms. The van der Waals surface area contributed by atoms with Crippen LogP contribution in [0.4, 0.5) is 5.82 Å². The maximum atomic E-state index is 6.09. The molecule has 0 radical (unpaired) electrons. The summed E-state index contributed by atoms with van der Waals surface area (Å²) in [7, 11) is 0. The second-order valence-corrected chi connectivity index (χ2v) is 6.63. The van der Waals surface area contributed by atoms with Crippen molar-refractivity contribution in [3.8, 4) is 11.3 Å². The number of benzene rings is 1. The van der Waals surface area contributed by atoms with Crippen LogP contribution in [0.15, 0.2) is 36.7 Å². The number of aryl methyl sites for hydroxylation is 1. The lowest BCUT2D eigenvalue weighted by molar-refractivity contribution is 0.570. The number of nitrogens with zero attached hydrogens (tertiary/aromatic N) is 3. The lowest BCUT2D eigenvalue weighted by Crippen LogP contribution is -2.14. The van der Waals surface area contributed by atoms with Crippen molar-refractivity contribution < 1.29 is 0 Å². The summed E-state index contributed by atoms with van der Waals surface area (Å²) in [5, 5.41) is 0.819. The van der Waals surface area contributed by atoms with Crippen LogP contribution in [0, 0.1) is 6.92 Å². The molecular weight excluding hydrogens is 272 g/mol. The molecule has 3 rings (SSSR count). The van der Waals surface area contributed by atoms with Gasteiger partial charge in [-0.15, -0.1) is 0 Å². The minimum atomic E-state index is -0.0622. The van der Waals surface area contributed by atoms with E-state index in [1.165, 1.54) is 11.9 Å². The fourth-order valence-electron chi connectivity index (χ4n) is 2.41. The molecule has 1 aromatic carbocycles. The molecule has 0 spiro atoms. The van der Waals surface area contributed by atoms with E-state index in [9.17, 15) is 0 Å². The maximum Gasteiger partial charge on any atom is 0.136 e. The van der Waals surface area contributed by atoms with Gasteiger partial charge >= 0.3 is 0 Å². The Kier molecular flexibility index (Phi) is 3.32. The van der Waals surface area contributed by atoms with Crippen LogP contribution in [0.2, 0.25) is 0 Å². The third-order valence-electron chi connectivity index (χ3n) is 3.74. The Morgan fingerprint density at radius 2 is 1.68 bits per heavy atom. The van der Waals surface area contributed by atoms with Crippen LogP contribution < -0.4 is 5.73 Å². The van der Waals surface area contributed by atoms with E-state index in [0.717, 1.165) is 27.9 Å². The van der Waals surface area contributed by atoms with Gasteiger partial charge in [0.2, 0.25) is 0 Å². The van der Waals surface area contributed by atoms with Crippen LogP contribution in [-0.4, -0.2) is 15.0 Å². The van der Waals surface area contributed by atoms with Crippen molar-refractivity contribution in [1.29, 1.82) is 0 Å². The minimum Gasteiger partial charge on any atom is -0.383 e. The highest BCUT2D eigenvalue weighted by Crippen LogP contribution is 2.33. The van der Waals surface area contributed by atoms with Gasteiger partial charge in [0, 0.05) is 16.7 Å². The molecule has 2 heterocycles. The molecule has 0 aliphatic carbocycles. The first-order valence-electron chi connectivity index (χ1n) is 7.35. The second-order valence-electron chi connectivity index (χ2n) is 6.63. The first-order valence-corrected chi connectivity index (χ1v) is 7.35. The highest BCUT2D eigenvalue weighted by Gasteiger charge is 2.20. The standard InChI is InChI=1S/C18H20N4/c1-11-5-7-12(8-6-11)16-15-13(20-10-21-17(15)19)9-14(22-16)18(2,3)4/h5-10H,1-4H3,(H2,19,20,21). The van der Waals surface area contributed by atoms with Crippen LogP contribution in [-0.2, 0) is 5.41 Å². The lowest BCUT2D eigenvalue weighted by atomic mass is 9.90. The third kappa shape index (κ3) is 2.52. The number of aromatic nitrogens is 3. The average Bonchev–Trinajstić information content (AvgIpc) is 2.46. The average molecular weight is 292 g/mol. The fraction of sp³-hybridized carbons (Fsp3) is 0.278. The molecule has 3 aromatic rings. The number of nitrogen functional groups attached to an aromatic ring is 1. The van der Waals surface area contributed by atoms with Gasteiger partial charge in [0.15, 0.2) is 0 Å². The van der Waals surface area contributed by atoms with Gasteiger partial charge in [-0.3, -0.25) is 4.98 Å². The Morgan fingerprint density at radius 1 is 1.00 bits per heavy atom. The Balaban J connectivity index is 2.37. The van der Waals surface area contributed by atoms with Gasteiger partial charge in [-0.05, 0) is 13.0 Å². The third-order valence-corrected chi connectivity index (χ3v) is 3.74. The lowest BCUT2D eigenvalue weighted by Gasteiger charge is -2.20. The molecule has 0 atom stereocenters. The van der Waals surface area contributed by atoms with Crippen LogP contribution in [0.5, 0.6) is 0 Å². The largest absolute Gasteiger partial charge is 0.383 e. The van der Waals surface area contributed by atoms with Crippen molar-refractivity contribution in [2.45, 2.75) is 33.1 Å². The van der Waals surface area contributed by atoms with Gasteiger partial charge < -0.3 is 5.73 Å². The number of pyridine rings is 1. The molecule has 112 valence electrons. The predicted octanol–water partition coefficient (Wildman–Crippen LogP) is 3.88. The normalized spacial score (nSPS) is 11.8. The summed E-state index contributed by atoms with van der Waals surface area (Å²) in [6.45, 7) is 8.50. The van der Waals surface area contributed by atoms with E-state index in [2.05, 4.69) is 61.9 Å². The van der Waals surface area contributed by atoms with Crippen molar-refractivity contribution >= 4 is 16.7 Å². The zero-order valence-electron chi connectivity index (χ0n) is 13.4. The van der Waals surface area contributed by atoms with E-state index in [0.29, 0.717) is 5.82 Å². The molecule has 0 bridgehead atoms. The van der Waals surface area contributed by atoms with Gasteiger partial charge in [0.1, 0.15) is 12.1 Å². The van der Waals surface area contributed by atoms with Crippen LogP contribution in [0.3, 0.4) is 0 Å². The van der Waals surface area contributed by atoms with E-state index in [1.807, 2.05) is 6.07 Å². The zero-order chi connectivity index (χ0) is 15.9. The minimum absolute atomic E-state index is 0.0622. The number of hydrogen-bond acceptors (Lipinski definition) is 4. The van der Waals surface area contributed by atoms with Crippen molar-refractivity contribution in [3.63, 3.8) is 0 Å². The van der Waals surface area contributed by atoms with Crippen molar-refractivity contribution in [1.82, 2.24) is 15.0 Å². The molecule has 0 fully saturated rings. The van der Waals surface area contributed by atoms with Gasteiger partial charge in [-0.1, -0.05) is 50.6 Å². The smallest absolute Gasteiger partial charge is 0.136 e. The molecule has 0 aliphatic heterocycles. The number of rotatable bonds is 1. The molecule has 0 aliphatic rings. The van der Waals surface area contributed by atoms with E-state index < -0.39 is 0 Å². The van der Waals surface area contributed by atoms with E-state index in [-0.39, 0.29) is 5.41 Å². The van der Waals surface area contributed by atoms with E-state index in [4.69, 9.17) is 10.7 Å². The van der Waals surface area contributed by atoms with Crippen molar-refractivity contribution in [2.24, 2.45) is 0 Å². The summed E-state index contributed by atoms with van der Waals surface area (Å²) in [6.07, 6.45) is 1.50. The predicted molar refractivity (Wildman–Crippen MR) is 90.6 cm³/mol. The van der Waals surface area contributed by atoms with Gasteiger partial charge in [-0.25, -0.2) is 9.97 Å². The maximum absolute atomic E-state index is 6.09. The Labute approximate surface area is 130 Å². The van der Waals surface area contributed by atoms with Crippen LogP contribution in [0.25, 0.3) is 22.2 Å². The molecule has 2 aromatic heterocycles. The number of hydrogen-bond donors (Lipinski definition) is 1. The van der Waals surface area contributed by atoms with Crippen LogP contribution in [0.1, 0.15) is 32.0 Å². The van der Waals surface area contributed by atoms with Gasteiger partial charge in [0.05, 0.1) is 16.6 Å². The van der Waals surface area contributed by atoms with Crippen molar-refractivity contribution in [3.05, 3.63) is 47.9 Å². The molecular formula is C18H20N4. The zero-order valence-corrected chi connectivity index (χ0v) is 13.4. The fourth-order valence-corrected chi connectivity index (χ4v) is 2.41. The quantitative estimate of drug-likeness (QED) is 0.739.